The van der Waals surface area contributed by atoms with Gasteiger partial charge in [0.25, 0.3) is 0 Å². The van der Waals surface area contributed by atoms with Crippen molar-refractivity contribution >= 4 is 16.9 Å². The zero-order valence-electron chi connectivity index (χ0n) is 16.4. The zero-order valence-corrected chi connectivity index (χ0v) is 16.4. The number of para-hydroxylation sites is 1. The van der Waals surface area contributed by atoms with Gasteiger partial charge in [-0.15, -0.1) is 0 Å². The standard InChI is InChI=1S/C23H28N4O/c1-17-20-9-5-6-10-21(20)28-22(17)15-25-23(24)26-19-11-13-27(14-12-19)16-18-7-3-2-4-8-18/h2-10,19H,11-16H2,1H3,(H3,24,25,26). The van der Waals surface area contributed by atoms with E-state index in [1.807, 2.05) is 18.2 Å². The van der Waals surface area contributed by atoms with Crippen LogP contribution in [0.3, 0.4) is 0 Å². The summed E-state index contributed by atoms with van der Waals surface area (Å²) in [7, 11) is 0. The summed E-state index contributed by atoms with van der Waals surface area (Å²) in [5.41, 5.74) is 9.56. The molecule has 0 aliphatic carbocycles. The monoisotopic (exact) mass is 376 g/mol. The first-order valence-electron chi connectivity index (χ1n) is 9.99. The number of nitrogens with zero attached hydrogens (tertiary/aromatic N) is 2. The van der Waals surface area contributed by atoms with Gasteiger partial charge in [-0.05, 0) is 31.4 Å². The predicted molar refractivity (Wildman–Crippen MR) is 114 cm³/mol. The molecule has 1 fully saturated rings. The molecular formula is C23H28N4O. The Labute approximate surface area is 166 Å². The molecule has 146 valence electrons. The minimum atomic E-state index is 0.382. The quantitative estimate of drug-likeness (QED) is 0.525. The molecule has 0 amide bonds. The predicted octanol–water partition coefficient (Wildman–Crippen LogP) is 3.81. The molecule has 0 spiro atoms. The van der Waals surface area contributed by atoms with Gasteiger partial charge in [0, 0.05) is 36.6 Å². The van der Waals surface area contributed by atoms with Crippen molar-refractivity contribution in [2.45, 2.75) is 38.9 Å². The van der Waals surface area contributed by atoms with E-state index in [1.165, 1.54) is 5.56 Å². The van der Waals surface area contributed by atoms with Crippen LogP contribution in [0.25, 0.3) is 11.0 Å². The lowest BCUT2D eigenvalue weighted by Gasteiger charge is -2.32. The van der Waals surface area contributed by atoms with Crippen LogP contribution in [0, 0.1) is 6.92 Å². The van der Waals surface area contributed by atoms with E-state index in [0.717, 1.165) is 54.8 Å². The highest BCUT2D eigenvalue weighted by Crippen LogP contribution is 2.25. The Hall–Kier alpha value is -2.79. The molecule has 0 bridgehead atoms. The minimum absolute atomic E-state index is 0.382. The number of guanidine groups is 1. The van der Waals surface area contributed by atoms with Crippen LogP contribution in [-0.4, -0.2) is 30.0 Å². The lowest BCUT2D eigenvalue weighted by molar-refractivity contribution is 0.199. The lowest BCUT2D eigenvalue weighted by atomic mass is 10.0. The molecule has 3 aromatic rings. The summed E-state index contributed by atoms with van der Waals surface area (Å²) < 4.78 is 5.91. The normalized spacial score (nSPS) is 16.5. The van der Waals surface area contributed by atoms with Gasteiger partial charge in [0.05, 0.1) is 0 Å². The van der Waals surface area contributed by atoms with Crippen molar-refractivity contribution in [1.29, 1.82) is 0 Å². The van der Waals surface area contributed by atoms with Crippen LogP contribution < -0.4 is 11.1 Å². The Bertz CT molecular complexity index is 940. The summed E-state index contributed by atoms with van der Waals surface area (Å²) in [6.07, 6.45) is 2.15. The van der Waals surface area contributed by atoms with Crippen LogP contribution in [0.1, 0.15) is 29.7 Å². The molecule has 1 saturated heterocycles. The van der Waals surface area contributed by atoms with Gasteiger partial charge in [-0.1, -0.05) is 48.5 Å². The van der Waals surface area contributed by atoms with Gasteiger partial charge in [0.2, 0.25) is 0 Å². The molecule has 5 heteroatoms. The Morgan fingerprint density at radius 1 is 1.11 bits per heavy atom. The molecule has 0 radical (unpaired) electrons. The summed E-state index contributed by atoms with van der Waals surface area (Å²) in [6.45, 7) is 5.70. The average molecular weight is 377 g/mol. The molecule has 3 N–H and O–H groups in total. The van der Waals surface area contributed by atoms with Gasteiger partial charge in [-0.3, -0.25) is 4.90 Å². The summed E-state index contributed by atoms with van der Waals surface area (Å²) >= 11 is 0. The molecule has 0 unspecified atom stereocenters. The molecule has 1 aromatic heterocycles. The number of aliphatic imine (C=N–C) groups is 1. The molecule has 2 aromatic carbocycles. The lowest BCUT2D eigenvalue weighted by Crippen LogP contribution is -2.46. The van der Waals surface area contributed by atoms with E-state index in [2.05, 4.69) is 58.5 Å². The number of fused-ring (bicyclic) bond motifs is 1. The third-order valence-corrected chi connectivity index (χ3v) is 5.52. The first-order chi connectivity index (χ1) is 13.7. The maximum absolute atomic E-state index is 6.14. The maximum Gasteiger partial charge on any atom is 0.189 e. The molecule has 0 atom stereocenters. The van der Waals surface area contributed by atoms with E-state index in [-0.39, 0.29) is 0 Å². The number of aryl methyl sites for hydroxylation is 1. The summed E-state index contributed by atoms with van der Waals surface area (Å²) in [6, 6.07) is 19.1. The second kappa shape index (κ2) is 8.48. The van der Waals surface area contributed by atoms with Gasteiger partial charge in [0.1, 0.15) is 17.9 Å². The number of hydrogen-bond donors (Lipinski definition) is 2. The number of furan rings is 1. The fraction of sp³-hybridized carbons (Fsp3) is 0.348. The first-order valence-corrected chi connectivity index (χ1v) is 9.99. The van der Waals surface area contributed by atoms with Crippen LogP contribution in [-0.2, 0) is 13.1 Å². The molecule has 5 nitrogen and oxygen atoms in total. The second-order valence-electron chi connectivity index (χ2n) is 7.53. The van der Waals surface area contributed by atoms with E-state index in [4.69, 9.17) is 10.2 Å². The van der Waals surface area contributed by atoms with Gasteiger partial charge >= 0.3 is 0 Å². The van der Waals surface area contributed by atoms with Crippen molar-refractivity contribution < 1.29 is 4.42 Å². The number of nitrogens with one attached hydrogen (secondary N) is 1. The van der Waals surface area contributed by atoms with E-state index >= 15 is 0 Å². The molecule has 28 heavy (non-hydrogen) atoms. The van der Waals surface area contributed by atoms with Crippen LogP contribution >= 0.6 is 0 Å². The summed E-state index contributed by atoms with van der Waals surface area (Å²) in [5.74, 6) is 1.38. The highest BCUT2D eigenvalue weighted by Gasteiger charge is 2.19. The minimum Gasteiger partial charge on any atom is -0.459 e. The van der Waals surface area contributed by atoms with Crippen molar-refractivity contribution in [2.24, 2.45) is 10.7 Å². The summed E-state index contributed by atoms with van der Waals surface area (Å²) in [4.78, 5) is 7.01. The molecule has 0 saturated carbocycles. The van der Waals surface area contributed by atoms with E-state index in [9.17, 15) is 0 Å². The number of hydrogen-bond acceptors (Lipinski definition) is 3. The SMILES string of the molecule is Cc1c(CN=C(N)NC2CCN(Cc3ccccc3)CC2)oc2ccccc12. The van der Waals surface area contributed by atoms with Crippen molar-refractivity contribution in [1.82, 2.24) is 10.2 Å². The highest BCUT2D eigenvalue weighted by molar-refractivity contribution is 5.82. The number of likely N-dealkylation sites (tertiary alicyclic amines) is 1. The van der Waals surface area contributed by atoms with Gasteiger partial charge in [-0.2, -0.15) is 0 Å². The first kappa shape index (κ1) is 18.6. The second-order valence-corrected chi connectivity index (χ2v) is 7.53. The third kappa shape index (κ3) is 4.37. The van der Waals surface area contributed by atoms with Gasteiger partial charge in [-0.25, -0.2) is 4.99 Å². The Morgan fingerprint density at radius 3 is 2.57 bits per heavy atom. The van der Waals surface area contributed by atoms with E-state index in [0.29, 0.717) is 18.5 Å². The Morgan fingerprint density at radius 2 is 1.82 bits per heavy atom. The topological polar surface area (TPSA) is 66.8 Å². The van der Waals surface area contributed by atoms with E-state index < -0.39 is 0 Å². The van der Waals surface area contributed by atoms with Crippen LogP contribution in [0.15, 0.2) is 64.0 Å². The number of nitrogens with two attached hydrogens (primary N) is 1. The maximum atomic E-state index is 6.14. The smallest absolute Gasteiger partial charge is 0.189 e. The Kier molecular flexibility index (Phi) is 5.63. The molecular weight excluding hydrogens is 348 g/mol. The van der Waals surface area contributed by atoms with Crippen molar-refractivity contribution in [3.8, 4) is 0 Å². The van der Waals surface area contributed by atoms with Crippen molar-refractivity contribution in [2.75, 3.05) is 13.1 Å². The van der Waals surface area contributed by atoms with Crippen molar-refractivity contribution in [3.05, 3.63) is 71.5 Å². The zero-order chi connectivity index (χ0) is 19.3. The van der Waals surface area contributed by atoms with Crippen LogP contribution in [0.5, 0.6) is 0 Å². The van der Waals surface area contributed by atoms with E-state index in [1.54, 1.807) is 0 Å². The molecule has 4 rings (SSSR count). The average Bonchev–Trinajstić information content (AvgIpc) is 3.05. The highest BCUT2D eigenvalue weighted by atomic mass is 16.3. The third-order valence-electron chi connectivity index (χ3n) is 5.52. The Balaban J connectivity index is 1.28. The largest absolute Gasteiger partial charge is 0.459 e. The summed E-state index contributed by atoms with van der Waals surface area (Å²) in [5, 5.41) is 4.53. The van der Waals surface area contributed by atoms with Crippen LogP contribution in [0.4, 0.5) is 0 Å². The van der Waals surface area contributed by atoms with Crippen LogP contribution in [0.2, 0.25) is 0 Å². The molecule has 1 aliphatic heterocycles. The van der Waals surface area contributed by atoms with Gasteiger partial charge in [0.15, 0.2) is 5.96 Å². The molecule has 2 heterocycles. The van der Waals surface area contributed by atoms with Crippen molar-refractivity contribution in [3.63, 3.8) is 0 Å². The van der Waals surface area contributed by atoms with Gasteiger partial charge < -0.3 is 15.5 Å². The fourth-order valence-corrected chi connectivity index (χ4v) is 3.86. The number of benzene rings is 2. The number of piperidine rings is 1. The fourth-order valence-electron chi connectivity index (χ4n) is 3.86. The number of rotatable bonds is 5. The molecule has 1 aliphatic rings.